The summed E-state index contributed by atoms with van der Waals surface area (Å²) in [7, 11) is 0. The van der Waals surface area contributed by atoms with E-state index >= 15 is 0 Å². The zero-order valence-electron chi connectivity index (χ0n) is 9.31. The quantitative estimate of drug-likeness (QED) is 0.364. The molecule has 1 heterocycles. The molecular formula is C9H10Cl2N4O3. The Morgan fingerprint density at radius 3 is 2.72 bits per heavy atom. The summed E-state index contributed by atoms with van der Waals surface area (Å²) < 4.78 is 4.60. The van der Waals surface area contributed by atoms with Crippen LogP contribution in [-0.4, -0.2) is 34.5 Å². The number of ether oxygens (including phenoxy) is 1. The number of nitrogens with zero attached hydrogens (tertiary/aromatic N) is 2. The monoisotopic (exact) mass is 292 g/mol. The molecule has 0 aliphatic carbocycles. The van der Waals surface area contributed by atoms with Crippen molar-refractivity contribution < 1.29 is 14.3 Å². The molecule has 7 nitrogen and oxygen atoms in total. The molecule has 18 heavy (non-hydrogen) atoms. The Labute approximate surface area is 113 Å². The first-order chi connectivity index (χ1) is 8.43. The Hall–Kier alpha value is -1.44. The molecule has 0 aromatic carbocycles. The molecule has 3 N–H and O–H groups in total. The molecule has 0 radical (unpaired) electrons. The highest BCUT2D eigenvalue weighted by Crippen LogP contribution is 2.14. The zero-order chi connectivity index (χ0) is 13.7. The van der Waals surface area contributed by atoms with Gasteiger partial charge in [-0.1, -0.05) is 11.6 Å². The van der Waals surface area contributed by atoms with Crippen molar-refractivity contribution in [2.24, 2.45) is 5.73 Å². The normalized spacial score (nSPS) is 11.8. The molecule has 1 aromatic rings. The van der Waals surface area contributed by atoms with E-state index in [1.807, 2.05) is 0 Å². The highest BCUT2D eigenvalue weighted by atomic mass is 35.5. The number of nitrogens with two attached hydrogens (primary N) is 1. The summed E-state index contributed by atoms with van der Waals surface area (Å²) in [6, 6.07) is -0.180. The van der Waals surface area contributed by atoms with Crippen LogP contribution in [0.1, 0.15) is 6.92 Å². The highest BCUT2D eigenvalue weighted by molar-refractivity contribution is 6.32. The van der Waals surface area contributed by atoms with Crippen molar-refractivity contribution in [3.05, 3.63) is 16.5 Å². The molecule has 1 unspecified atom stereocenters. The summed E-state index contributed by atoms with van der Waals surface area (Å²) in [6.45, 7) is 1.73. The molecule has 0 saturated carbocycles. The van der Waals surface area contributed by atoms with Crippen LogP contribution in [0.4, 0.5) is 5.82 Å². The lowest BCUT2D eigenvalue weighted by atomic mass is 10.3. The molecule has 0 aliphatic rings. The van der Waals surface area contributed by atoms with E-state index in [4.69, 9.17) is 28.9 Å². The molecule has 0 saturated heterocycles. The van der Waals surface area contributed by atoms with E-state index in [0.717, 1.165) is 0 Å². The summed E-state index contributed by atoms with van der Waals surface area (Å²) in [4.78, 5) is 30.1. The van der Waals surface area contributed by atoms with Gasteiger partial charge in [-0.3, -0.25) is 4.79 Å². The van der Waals surface area contributed by atoms with Gasteiger partial charge in [-0.05, 0) is 18.5 Å². The number of carbonyl (C=O) groups excluding carboxylic acids is 2. The molecule has 1 amide bonds. The molecule has 1 rings (SSSR count). The van der Waals surface area contributed by atoms with Crippen molar-refractivity contribution in [2.75, 3.05) is 11.9 Å². The summed E-state index contributed by atoms with van der Waals surface area (Å²) in [5.74, 6) is -1.56. The minimum absolute atomic E-state index is 0.0461. The van der Waals surface area contributed by atoms with Gasteiger partial charge in [0.25, 0.3) is 5.91 Å². The van der Waals surface area contributed by atoms with Crippen molar-refractivity contribution in [1.29, 1.82) is 0 Å². The molecule has 9 heteroatoms. The van der Waals surface area contributed by atoms with Gasteiger partial charge in [0.2, 0.25) is 5.28 Å². The number of halogens is 2. The maximum atomic E-state index is 11.6. The molecule has 0 bridgehead atoms. The maximum absolute atomic E-state index is 11.6. The predicted molar refractivity (Wildman–Crippen MR) is 65.3 cm³/mol. The second kappa shape index (κ2) is 6.48. The number of nitrogens with one attached hydrogen (secondary N) is 1. The number of anilines is 1. The molecular weight excluding hydrogens is 283 g/mol. The van der Waals surface area contributed by atoms with Crippen LogP contribution in [0.25, 0.3) is 0 Å². The summed E-state index contributed by atoms with van der Waals surface area (Å²) in [5.41, 5.74) is 5.37. The van der Waals surface area contributed by atoms with Crippen molar-refractivity contribution in [3.8, 4) is 0 Å². The lowest BCUT2D eigenvalue weighted by molar-refractivity contribution is -0.146. The Kier molecular flexibility index (Phi) is 5.26. The fourth-order valence-electron chi connectivity index (χ4n) is 0.997. The number of rotatable bonds is 4. The van der Waals surface area contributed by atoms with E-state index in [1.165, 1.54) is 6.07 Å². The van der Waals surface area contributed by atoms with Crippen LogP contribution in [0.5, 0.6) is 0 Å². The highest BCUT2D eigenvalue weighted by Gasteiger charge is 2.23. The largest absolute Gasteiger partial charge is 0.464 e. The summed E-state index contributed by atoms with van der Waals surface area (Å²) >= 11 is 11.2. The van der Waals surface area contributed by atoms with Crippen LogP contribution in [0.15, 0.2) is 6.07 Å². The maximum Gasteiger partial charge on any atom is 0.332 e. The minimum atomic E-state index is -1.45. The number of aromatic nitrogens is 2. The van der Waals surface area contributed by atoms with E-state index in [2.05, 4.69) is 20.0 Å². The lowest BCUT2D eigenvalue weighted by Gasteiger charge is -2.10. The van der Waals surface area contributed by atoms with Crippen molar-refractivity contribution in [1.82, 2.24) is 9.97 Å². The first-order valence-corrected chi connectivity index (χ1v) is 5.62. The van der Waals surface area contributed by atoms with Crippen LogP contribution in [-0.2, 0) is 14.3 Å². The molecule has 98 valence electrons. The van der Waals surface area contributed by atoms with Crippen LogP contribution >= 0.6 is 23.2 Å². The van der Waals surface area contributed by atoms with Crippen LogP contribution < -0.4 is 11.1 Å². The fraction of sp³-hybridized carbons (Fsp3) is 0.333. The second-order valence-corrected chi connectivity index (χ2v) is 3.79. The van der Waals surface area contributed by atoms with Crippen molar-refractivity contribution in [3.63, 3.8) is 0 Å². The SMILES string of the molecule is CCOC(=O)C(N)C(=O)Nc1cc(Cl)nc(Cl)n1. The third-order valence-electron chi connectivity index (χ3n) is 1.74. The van der Waals surface area contributed by atoms with Crippen LogP contribution in [0, 0.1) is 0 Å². The third-order valence-corrected chi connectivity index (χ3v) is 2.10. The van der Waals surface area contributed by atoms with Gasteiger partial charge in [0.1, 0.15) is 11.0 Å². The van der Waals surface area contributed by atoms with Gasteiger partial charge >= 0.3 is 5.97 Å². The number of amides is 1. The average molecular weight is 293 g/mol. The van der Waals surface area contributed by atoms with E-state index in [1.54, 1.807) is 6.92 Å². The Morgan fingerprint density at radius 2 is 2.17 bits per heavy atom. The molecule has 0 fully saturated rings. The molecule has 1 aromatic heterocycles. The number of esters is 1. The standard InChI is InChI=1S/C9H10Cl2N4O3/c1-2-18-8(17)6(12)7(16)14-5-3-4(10)13-9(11)15-5/h3,6H,2,12H2,1H3,(H,13,14,15,16). The lowest BCUT2D eigenvalue weighted by Crippen LogP contribution is -2.43. The van der Waals surface area contributed by atoms with Gasteiger partial charge in [-0.2, -0.15) is 0 Å². The van der Waals surface area contributed by atoms with E-state index in [9.17, 15) is 9.59 Å². The number of hydrogen-bond acceptors (Lipinski definition) is 6. The topological polar surface area (TPSA) is 107 Å². The van der Waals surface area contributed by atoms with E-state index in [-0.39, 0.29) is 22.9 Å². The number of carbonyl (C=O) groups is 2. The first kappa shape index (κ1) is 14.6. The fourth-order valence-corrected chi connectivity index (χ4v) is 1.41. The summed E-state index contributed by atoms with van der Waals surface area (Å²) in [6.07, 6.45) is 0. The third kappa shape index (κ3) is 4.10. The van der Waals surface area contributed by atoms with Crippen molar-refractivity contribution >= 4 is 40.9 Å². The average Bonchev–Trinajstić information content (AvgIpc) is 2.26. The van der Waals surface area contributed by atoms with Gasteiger partial charge in [0.15, 0.2) is 6.04 Å². The van der Waals surface area contributed by atoms with Gasteiger partial charge in [-0.15, -0.1) is 0 Å². The van der Waals surface area contributed by atoms with Crippen LogP contribution in [0.2, 0.25) is 10.4 Å². The molecule has 0 spiro atoms. The minimum Gasteiger partial charge on any atom is -0.464 e. The number of hydrogen-bond donors (Lipinski definition) is 2. The van der Waals surface area contributed by atoms with E-state index < -0.39 is 17.9 Å². The Morgan fingerprint density at radius 1 is 1.50 bits per heavy atom. The Bertz CT molecular complexity index is 449. The second-order valence-electron chi connectivity index (χ2n) is 3.06. The van der Waals surface area contributed by atoms with Gasteiger partial charge < -0.3 is 15.8 Å². The smallest absolute Gasteiger partial charge is 0.332 e. The zero-order valence-corrected chi connectivity index (χ0v) is 10.8. The van der Waals surface area contributed by atoms with Gasteiger partial charge in [-0.25, -0.2) is 14.8 Å². The van der Waals surface area contributed by atoms with Crippen LogP contribution in [0.3, 0.4) is 0 Å². The van der Waals surface area contributed by atoms with Gasteiger partial charge in [0.05, 0.1) is 6.61 Å². The summed E-state index contributed by atoms with van der Waals surface area (Å²) in [5, 5.41) is 2.19. The molecule has 1 atom stereocenters. The Balaban J connectivity index is 2.72. The molecule has 0 aliphatic heterocycles. The van der Waals surface area contributed by atoms with E-state index in [0.29, 0.717) is 0 Å². The van der Waals surface area contributed by atoms with Gasteiger partial charge in [0, 0.05) is 6.07 Å². The first-order valence-electron chi connectivity index (χ1n) is 4.87. The van der Waals surface area contributed by atoms with Crippen molar-refractivity contribution in [2.45, 2.75) is 13.0 Å². The predicted octanol–water partition coefficient (Wildman–Crippen LogP) is 0.612.